The molecule has 0 aliphatic heterocycles. The highest BCUT2D eigenvalue weighted by Gasteiger charge is 2.34. The Bertz CT molecular complexity index is 605. The van der Waals surface area contributed by atoms with Gasteiger partial charge in [-0.1, -0.05) is 36.2 Å². The first-order valence-corrected chi connectivity index (χ1v) is 7.84. The molecular formula is C15H20BrN3. The van der Waals surface area contributed by atoms with E-state index in [0.29, 0.717) is 17.9 Å². The van der Waals surface area contributed by atoms with Crippen LogP contribution in [-0.4, -0.2) is 9.55 Å². The monoisotopic (exact) mass is 321 g/mol. The Morgan fingerprint density at radius 1 is 1.42 bits per heavy atom. The van der Waals surface area contributed by atoms with Gasteiger partial charge in [-0.3, -0.25) is 0 Å². The van der Waals surface area contributed by atoms with Crippen molar-refractivity contribution in [1.82, 2.24) is 9.55 Å². The average molecular weight is 322 g/mol. The normalized spacial score (nSPS) is 27.2. The zero-order valence-electron chi connectivity index (χ0n) is 11.4. The van der Waals surface area contributed by atoms with Crippen LogP contribution < -0.4 is 5.73 Å². The lowest BCUT2D eigenvalue weighted by molar-refractivity contribution is 0.336. The molecule has 19 heavy (non-hydrogen) atoms. The van der Waals surface area contributed by atoms with Crippen molar-refractivity contribution in [3.8, 4) is 0 Å². The second kappa shape index (κ2) is 4.82. The third-order valence-corrected chi connectivity index (χ3v) is 5.21. The van der Waals surface area contributed by atoms with Crippen molar-refractivity contribution < 1.29 is 0 Å². The van der Waals surface area contributed by atoms with Gasteiger partial charge in [0.1, 0.15) is 0 Å². The van der Waals surface area contributed by atoms with E-state index in [2.05, 4.69) is 45.4 Å². The van der Waals surface area contributed by atoms with Crippen LogP contribution in [0, 0.1) is 11.8 Å². The Morgan fingerprint density at radius 3 is 2.89 bits per heavy atom. The van der Waals surface area contributed by atoms with E-state index in [0.717, 1.165) is 21.4 Å². The molecule has 0 bridgehead atoms. The first-order valence-electron chi connectivity index (χ1n) is 7.04. The minimum Gasteiger partial charge on any atom is -0.369 e. The lowest BCUT2D eigenvalue weighted by Gasteiger charge is -2.22. The molecule has 1 saturated carbocycles. The smallest absolute Gasteiger partial charge is 0.201 e. The Labute approximate surface area is 122 Å². The molecule has 2 aromatic rings. The molecular weight excluding hydrogens is 302 g/mol. The van der Waals surface area contributed by atoms with Crippen LogP contribution in [0.3, 0.4) is 0 Å². The van der Waals surface area contributed by atoms with Gasteiger partial charge in [0.25, 0.3) is 0 Å². The summed E-state index contributed by atoms with van der Waals surface area (Å²) < 4.78 is 3.33. The molecule has 1 aliphatic carbocycles. The minimum atomic E-state index is 0.490. The van der Waals surface area contributed by atoms with Gasteiger partial charge in [0, 0.05) is 10.5 Å². The minimum absolute atomic E-state index is 0.490. The lowest BCUT2D eigenvalue weighted by atomic mass is 9.93. The fourth-order valence-corrected chi connectivity index (χ4v) is 3.95. The van der Waals surface area contributed by atoms with Gasteiger partial charge in [0.15, 0.2) is 0 Å². The molecule has 4 heteroatoms. The highest BCUT2D eigenvalue weighted by Crippen LogP contribution is 2.44. The summed E-state index contributed by atoms with van der Waals surface area (Å²) in [5, 5.41) is 0. The summed E-state index contributed by atoms with van der Waals surface area (Å²) in [6.07, 6.45) is 3.77. The van der Waals surface area contributed by atoms with E-state index in [-0.39, 0.29) is 0 Å². The largest absolute Gasteiger partial charge is 0.369 e. The predicted octanol–water partition coefficient (Wildman–Crippen LogP) is 4.38. The number of nitrogen functional groups attached to an aromatic ring is 1. The maximum absolute atomic E-state index is 6.17. The maximum atomic E-state index is 6.17. The van der Waals surface area contributed by atoms with Crippen molar-refractivity contribution in [3.63, 3.8) is 0 Å². The number of hydrogen-bond acceptors (Lipinski definition) is 2. The van der Waals surface area contributed by atoms with Gasteiger partial charge in [-0.25, -0.2) is 4.98 Å². The van der Waals surface area contributed by atoms with Gasteiger partial charge in [-0.2, -0.15) is 0 Å². The van der Waals surface area contributed by atoms with E-state index in [4.69, 9.17) is 5.73 Å². The zero-order chi connectivity index (χ0) is 13.6. The number of nitrogens with zero attached hydrogens (tertiary/aromatic N) is 2. The van der Waals surface area contributed by atoms with E-state index < -0.39 is 0 Å². The number of nitrogens with two attached hydrogens (primary N) is 1. The van der Waals surface area contributed by atoms with Gasteiger partial charge >= 0.3 is 0 Å². The van der Waals surface area contributed by atoms with E-state index in [9.17, 15) is 0 Å². The summed E-state index contributed by atoms with van der Waals surface area (Å²) in [6, 6.07) is 6.67. The van der Waals surface area contributed by atoms with Crippen molar-refractivity contribution in [1.29, 1.82) is 0 Å². The van der Waals surface area contributed by atoms with Crippen molar-refractivity contribution in [2.24, 2.45) is 11.8 Å². The fraction of sp³-hybridized carbons (Fsp3) is 0.533. The molecule has 0 saturated heterocycles. The first-order chi connectivity index (χ1) is 9.11. The van der Waals surface area contributed by atoms with Crippen LogP contribution in [0.5, 0.6) is 0 Å². The summed E-state index contributed by atoms with van der Waals surface area (Å²) in [7, 11) is 0. The summed E-state index contributed by atoms with van der Waals surface area (Å²) in [6.45, 7) is 4.64. The second-order valence-electron chi connectivity index (χ2n) is 5.65. The molecule has 1 fully saturated rings. The van der Waals surface area contributed by atoms with Crippen LogP contribution in [0.25, 0.3) is 11.0 Å². The highest BCUT2D eigenvalue weighted by molar-refractivity contribution is 9.10. The molecule has 3 nitrogen and oxygen atoms in total. The molecule has 2 N–H and O–H groups in total. The van der Waals surface area contributed by atoms with Crippen molar-refractivity contribution in [2.75, 3.05) is 5.73 Å². The van der Waals surface area contributed by atoms with Gasteiger partial charge < -0.3 is 10.3 Å². The first kappa shape index (κ1) is 13.0. The van der Waals surface area contributed by atoms with Gasteiger partial charge in [0.2, 0.25) is 5.95 Å². The van der Waals surface area contributed by atoms with Crippen LogP contribution in [0.1, 0.15) is 39.2 Å². The summed E-state index contributed by atoms with van der Waals surface area (Å²) >= 11 is 3.54. The standard InChI is InChI=1S/C15H20BrN3/c1-3-10-4-7-13(9(10)2)19-14-8-11(16)5-6-12(14)18-15(19)17/h5-6,8-10,13H,3-4,7H2,1-2H3,(H2,17,18). The Balaban J connectivity index is 2.10. The van der Waals surface area contributed by atoms with Crippen molar-refractivity contribution in [3.05, 3.63) is 22.7 Å². The molecule has 1 aromatic heterocycles. The Morgan fingerprint density at radius 2 is 2.21 bits per heavy atom. The number of aromatic nitrogens is 2. The van der Waals surface area contributed by atoms with Crippen molar-refractivity contribution in [2.45, 2.75) is 39.2 Å². The summed E-state index contributed by atoms with van der Waals surface area (Å²) in [5.41, 5.74) is 8.32. The molecule has 102 valence electrons. The third-order valence-electron chi connectivity index (χ3n) is 4.72. The number of benzene rings is 1. The molecule has 1 heterocycles. The lowest BCUT2D eigenvalue weighted by Crippen LogP contribution is -2.17. The van der Waals surface area contributed by atoms with Crippen molar-refractivity contribution >= 4 is 32.9 Å². The van der Waals surface area contributed by atoms with Crippen LogP contribution in [0.15, 0.2) is 22.7 Å². The Hall–Kier alpha value is -1.03. The quantitative estimate of drug-likeness (QED) is 0.892. The number of anilines is 1. The Kier molecular flexibility index (Phi) is 3.29. The number of hydrogen-bond donors (Lipinski definition) is 1. The van der Waals surface area contributed by atoms with E-state index in [1.807, 2.05) is 12.1 Å². The summed E-state index contributed by atoms with van der Waals surface area (Å²) in [5.74, 6) is 2.14. The highest BCUT2D eigenvalue weighted by atomic mass is 79.9. The SMILES string of the molecule is CCC1CCC(n2c(N)nc3ccc(Br)cc32)C1C. The zero-order valence-corrected chi connectivity index (χ0v) is 13.0. The second-order valence-corrected chi connectivity index (χ2v) is 6.56. The maximum Gasteiger partial charge on any atom is 0.201 e. The molecule has 0 spiro atoms. The molecule has 1 aromatic carbocycles. The third kappa shape index (κ3) is 2.06. The average Bonchev–Trinajstić information content (AvgIpc) is 2.89. The van der Waals surface area contributed by atoms with Gasteiger partial charge in [-0.15, -0.1) is 0 Å². The number of fused-ring (bicyclic) bond motifs is 1. The number of imidazole rings is 1. The molecule has 0 amide bonds. The molecule has 0 radical (unpaired) electrons. The molecule has 3 rings (SSSR count). The van der Waals surface area contributed by atoms with E-state index in [1.165, 1.54) is 19.3 Å². The van der Waals surface area contributed by atoms with E-state index >= 15 is 0 Å². The predicted molar refractivity (Wildman–Crippen MR) is 83.1 cm³/mol. The van der Waals surface area contributed by atoms with Crippen LogP contribution in [0.4, 0.5) is 5.95 Å². The van der Waals surface area contributed by atoms with Crippen LogP contribution >= 0.6 is 15.9 Å². The fourth-order valence-electron chi connectivity index (χ4n) is 3.60. The van der Waals surface area contributed by atoms with Crippen LogP contribution in [-0.2, 0) is 0 Å². The van der Waals surface area contributed by atoms with Gasteiger partial charge in [0.05, 0.1) is 11.0 Å². The van der Waals surface area contributed by atoms with Gasteiger partial charge in [-0.05, 0) is 42.9 Å². The molecule has 1 aliphatic rings. The molecule has 3 unspecified atom stereocenters. The van der Waals surface area contributed by atoms with Crippen LogP contribution in [0.2, 0.25) is 0 Å². The summed E-state index contributed by atoms with van der Waals surface area (Å²) in [4.78, 5) is 4.50. The molecule has 3 atom stereocenters. The van der Waals surface area contributed by atoms with E-state index in [1.54, 1.807) is 0 Å². The number of rotatable bonds is 2. The topological polar surface area (TPSA) is 43.8 Å². The number of halogens is 1.